The number of amides is 2. The molecular weight excluding hydrogens is 463 g/mol. The molecule has 1 unspecified atom stereocenters. The lowest BCUT2D eigenvalue weighted by Crippen LogP contribution is -2.26. The van der Waals surface area contributed by atoms with Crippen LogP contribution >= 0.6 is 27.7 Å². The van der Waals surface area contributed by atoms with E-state index in [-0.39, 0.29) is 11.7 Å². The molecule has 2 N–H and O–H groups in total. The first-order valence-corrected chi connectivity index (χ1v) is 10.5. The summed E-state index contributed by atoms with van der Waals surface area (Å²) in [4.78, 5) is 35.9. The molecule has 0 saturated heterocycles. The Balaban J connectivity index is 1.71. The number of hydrogen-bond acceptors (Lipinski definition) is 5. The molecule has 0 radical (unpaired) electrons. The smallest absolute Gasteiger partial charge is 0.319 e. The minimum Gasteiger partial charge on any atom is -0.455 e. The van der Waals surface area contributed by atoms with Gasteiger partial charge in [0.25, 0.3) is 5.91 Å². The maximum Gasteiger partial charge on any atom is 0.319 e. The summed E-state index contributed by atoms with van der Waals surface area (Å²) < 4.78 is 18.6. The van der Waals surface area contributed by atoms with Crippen LogP contribution in [0, 0.1) is 12.7 Å². The third-order valence-electron chi connectivity index (χ3n) is 3.67. The van der Waals surface area contributed by atoms with Gasteiger partial charge in [-0.1, -0.05) is 6.07 Å². The molecule has 0 aliphatic heterocycles. The fourth-order valence-corrected chi connectivity index (χ4v) is 3.43. The number of thioether (sulfide) groups is 1. The van der Waals surface area contributed by atoms with E-state index in [9.17, 15) is 18.8 Å². The van der Waals surface area contributed by atoms with E-state index in [0.29, 0.717) is 11.4 Å². The number of rotatable bonds is 8. The first kappa shape index (κ1) is 22.9. The molecule has 0 aliphatic carbocycles. The Bertz CT molecular complexity index is 893. The van der Waals surface area contributed by atoms with E-state index in [4.69, 9.17) is 4.74 Å². The van der Waals surface area contributed by atoms with Gasteiger partial charge in [0.15, 0.2) is 6.61 Å². The van der Waals surface area contributed by atoms with Crippen LogP contribution in [0.3, 0.4) is 0 Å². The molecule has 154 valence electrons. The molecule has 0 heterocycles. The van der Waals surface area contributed by atoms with Crippen LogP contribution in [0.25, 0.3) is 0 Å². The molecule has 9 heteroatoms. The fourth-order valence-electron chi connectivity index (χ4n) is 2.16. The van der Waals surface area contributed by atoms with Crippen LogP contribution in [-0.4, -0.2) is 35.4 Å². The summed E-state index contributed by atoms with van der Waals surface area (Å²) in [6, 6.07) is 10.8. The van der Waals surface area contributed by atoms with Gasteiger partial charge in [0.05, 0.1) is 11.4 Å². The Morgan fingerprint density at radius 1 is 1.10 bits per heavy atom. The monoisotopic (exact) mass is 482 g/mol. The van der Waals surface area contributed by atoms with Crippen molar-refractivity contribution in [2.24, 2.45) is 0 Å². The molecule has 2 amide bonds. The van der Waals surface area contributed by atoms with Gasteiger partial charge in [0, 0.05) is 10.2 Å². The minimum absolute atomic E-state index is 0.0101. The van der Waals surface area contributed by atoms with E-state index in [1.54, 1.807) is 13.0 Å². The molecule has 0 spiro atoms. The Morgan fingerprint density at radius 2 is 1.79 bits per heavy atom. The van der Waals surface area contributed by atoms with E-state index in [1.165, 1.54) is 24.3 Å². The fraction of sp³-hybridized carbons (Fsp3) is 0.250. The molecule has 2 aromatic rings. The summed E-state index contributed by atoms with van der Waals surface area (Å²) in [6.45, 7) is 3.09. The number of ether oxygens (including phenoxy) is 1. The van der Waals surface area contributed by atoms with Crippen molar-refractivity contribution >= 4 is 56.9 Å². The van der Waals surface area contributed by atoms with Gasteiger partial charge in [-0.2, -0.15) is 0 Å². The molecule has 2 aromatic carbocycles. The number of benzene rings is 2. The largest absolute Gasteiger partial charge is 0.455 e. The van der Waals surface area contributed by atoms with Crippen molar-refractivity contribution in [3.05, 3.63) is 58.3 Å². The predicted octanol–water partition coefficient (Wildman–Crippen LogP) is 4.14. The molecule has 0 bridgehead atoms. The molecule has 0 fully saturated rings. The average Bonchev–Trinajstić information content (AvgIpc) is 2.68. The van der Waals surface area contributed by atoms with Gasteiger partial charge in [0.1, 0.15) is 11.1 Å². The number of carbonyl (C=O) groups excluding carboxylic acids is 3. The number of esters is 1. The summed E-state index contributed by atoms with van der Waals surface area (Å²) in [5.41, 5.74) is 2.08. The van der Waals surface area contributed by atoms with Crippen LogP contribution in [0.1, 0.15) is 12.5 Å². The normalized spacial score (nSPS) is 11.4. The highest BCUT2D eigenvalue weighted by molar-refractivity contribution is 9.10. The third kappa shape index (κ3) is 7.86. The lowest BCUT2D eigenvalue weighted by Gasteiger charge is -2.12. The van der Waals surface area contributed by atoms with Crippen molar-refractivity contribution in [3.8, 4) is 0 Å². The number of anilines is 2. The highest BCUT2D eigenvalue weighted by Gasteiger charge is 2.18. The SMILES string of the molecule is Cc1ccc(NC(=O)COC(=O)C(C)SCC(=O)Nc2ccc(F)cc2)c(Br)c1. The molecule has 0 aromatic heterocycles. The van der Waals surface area contributed by atoms with Gasteiger partial charge < -0.3 is 15.4 Å². The number of nitrogens with one attached hydrogen (secondary N) is 2. The standard InChI is InChI=1S/C20H20BrFN2O4S/c1-12-3-8-17(16(21)9-12)24-18(25)10-28-20(27)13(2)29-11-19(26)23-15-6-4-14(22)5-7-15/h3-9,13H,10-11H2,1-2H3,(H,23,26)(H,24,25). The number of hydrogen-bond donors (Lipinski definition) is 2. The molecule has 1 atom stereocenters. The Hall–Kier alpha value is -2.39. The zero-order valence-electron chi connectivity index (χ0n) is 15.8. The second kappa shape index (κ2) is 11.0. The van der Waals surface area contributed by atoms with E-state index < -0.39 is 29.6 Å². The highest BCUT2D eigenvalue weighted by Crippen LogP contribution is 2.23. The maximum absolute atomic E-state index is 12.9. The summed E-state index contributed by atoms with van der Waals surface area (Å²) in [7, 11) is 0. The van der Waals surface area contributed by atoms with Crippen molar-refractivity contribution in [2.45, 2.75) is 19.1 Å². The Kier molecular flexibility index (Phi) is 8.66. The lowest BCUT2D eigenvalue weighted by molar-refractivity contribution is -0.146. The van der Waals surface area contributed by atoms with Crippen molar-refractivity contribution in [2.75, 3.05) is 23.0 Å². The van der Waals surface area contributed by atoms with Crippen LogP contribution in [0.15, 0.2) is 46.9 Å². The summed E-state index contributed by atoms with van der Waals surface area (Å²) in [5.74, 6) is -1.77. The zero-order valence-corrected chi connectivity index (χ0v) is 18.2. The Morgan fingerprint density at radius 3 is 2.45 bits per heavy atom. The van der Waals surface area contributed by atoms with Gasteiger partial charge in [-0.3, -0.25) is 14.4 Å². The van der Waals surface area contributed by atoms with Crippen LogP contribution < -0.4 is 10.6 Å². The molecule has 2 rings (SSSR count). The number of halogens is 2. The molecule has 0 saturated carbocycles. The topological polar surface area (TPSA) is 84.5 Å². The third-order valence-corrected chi connectivity index (χ3v) is 5.45. The maximum atomic E-state index is 12.9. The quantitative estimate of drug-likeness (QED) is 0.552. The van der Waals surface area contributed by atoms with Gasteiger partial charge >= 0.3 is 5.97 Å². The van der Waals surface area contributed by atoms with Crippen LogP contribution in [0.2, 0.25) is 0 Å². The second-order valence-corrected chi connectivity index (χ2v) is 8.33. The van der Waals surface area contributed by atoms with Crippen molar-refractivity contribution in [3.63, 3.8) is 0 Å². The van der Waals surface area contributed by atoms with Gasteiger partial charge in [-0.25, -0.2) is 4.39 Å². The molecule has 6 nitrogen and oxygen atoms in total. The van der Waals surface area contributed by atoms with Crippen molar-refractivity contribution < 1.29 is 23.5 Å². The van der Waals surface area contributed by atoms with Crippen LogP contribution in [-0.2, 0) is 19.1 Å². The van der Waals surface area contributed by atoms with E-state index in [1.807, 2.05) is 19.1 Å². The van der Waals surface area contributed by atoms with E-state index >= 15 is 0 Å². The van der Waals surface area contributed by atoms with Gasteiger partial charge in [0.2, 0.25) is 5.91 Å². The van der Waals surface area contributed by atoms with Crippen molar-refractivity contribution in [1.29, 1.82) is 0 Å². The van der Waals surface area contributed by atoms with Gasteiger partial charge in [-0.05, 0) is 71.7 Å². The Labute approximate surface area is 180 Å². The lowest BCUT2D eigenvalue weighted by atomic mass is 10.2. The molecule has 29 heavy (non-hydrogen) atoms. The summed E-state index contributed by atoms with van der Waals surface area (Å²) in [6.07, 6.45) is 0. The molecule has 0 aliphatic rings. The van der Waals surface area contributed by atoms with Crippen LogP contribution in [0.4, 0.5) is 15.8 Å². The van der Waals surface area contributed by atoms with E-state index in [0.717, 1.165) is 21.8 Å². The number of carbonyl (C=O) groups is 3. The average molecular weight is 483 g/mol. The van der Waals surface area contributed by atoms with Crippen molar-refractivity contribution in [1.82, 2.24) is 0 Å². The zero-order chi connectivity index (χ0) is 21.4. The first-order chi connectivity index (χ1) is 13.7. The highest BCUT2D eigenvalue weighted by atomic mass is 79.9. The summed E-state index contributed by atoms with van der Waals surface area (Å²) in [5, 5.41) is 4.62. The minimum atomic E-state index is -0.632. The molecular formula is C20H20BrFN2O4S. The summed E-state index contributed by atoms with van der Waals surface area (Å²) >= 11 is 4.43. The van der Waals surface area contributed by atoms with Crippen LogP contribution in [0.5, 0.6) is 0 Å². The van der Waals surface area contributed by atoms with Gasteiger partial charge in [-0.15, -0.1) is 11.8 Å². The second-order valence-electron chi connectivity index (χ2n) is 6.15. The van der Waals surface area contributed by atoms with E-state index in [2.05, 4.69) is 26.6 Å². The number of aryl methyl sites for hydroxylation is 1. The first-order valence-electron chi connectivity index (χ1n) is 8.64. The predicted molar refractivity (Wildman–Crippen MR) is 115 cm³/mol.